The van der Waals surface area contributed by atoms with Crippen LogP contribution in [0.15, 0.2) is 48.5 Å². The summed E-state index contributed by atoms with van der Waals surface area (Å²) in [5, 5.41) is 12.4. The summed E-state index contributed by atoms with van der Waals surface area (Å²) in [5.74, 6) is -1.11. The van der Waals surface area contributed by atoms with Crippen molar-refractivity contribution in [1.82, 2.24) is 5.32 Å². The molecule has 0 saturated heterocycles. The van der Waals surface area contributed by atoms with E-state index in [9.17, 15) is 9.18 Å². The zero-order valence-electron chi connectivity index (χ0n) is 12.9. The van der Waals surface area contributed by atoms with Crippen LogP contribution in [0.3, 0.4) is 0 Å². The summed E-state index contributed by atoms with van der Waals surface area (Å²) >= 11 is 0. The van der Waals surface area contributed by atoms with Crippen LogP contribution in [0.2, 0.25) is 0 Å². The van der Waals surface area contributed by atoms with E-state index in [0.717, 1.165) is 24.9 Å². The van der Waals surface area contributed by atoms with E-state index in [1.54, 1.807) is 12.1 Å². The van der Waals surface area contributed by atoms with Gasteiger partial charge in [-0.1, -0.05) is 30.7 Å². The van der Waals surface area contributed by atoms with Crippen LogP contribution < -0.4 is 5.32 Å². The van der Waals surface area contributed by atoms with Gasteiger partial charge in [-0.15, -0.1) is 0 Å². The van der Waals surface area contributed by atoms with Gasteiger partial charge in [0, 0.05) is 18.5 Å². The van der Waals surface area contributed by atoms with Crippen LogP contribution in [-0.4, -0.2) is 17.6 Å². The molecule has 0 amide bonds. The number of halogens is 1. The normalized spacial score (nSPS) is 15.9. The van der Waals surface area contributed by atoms with E-state index in [0.29, 0.717) is 12.1 Å². The fraction of sp³-hybridized carbons (Fsp3) is 0.316. The molecule has 1 fully saturated rings. The SMILES string of the molecule is O=C(O)c1ccc(CNCC2(c3ccc(F)cc3)CCC2)cc1. The van der Waals surface area contributed by atoms with Gasteiger partial charge in [0.1, 0.15) is 5.82 Å². The van der Waals surface area contributed by atoms with E-state index in [4.69, 9.17) is 5.11 Å². The number of aromatic carboxylic acids is 1. The highest BCUT2D eigenvalue weighted by molar-refractivity contribution is 5.87. The van der Waals surface area contributed by atoms with Gasteiger partial charge in [-0.05, 0) is 48.2 Å². The molecule has 3 nitrogen and oxygen atoms in total. The molecule has 0 spiro atoms. The van der Waals surface area contributed by atoms with Gasteiger partial charge in [-0.25, -0.2) is 9.18 Å². The number of nitrogens with one attached hydrogen (secondary N) is 1. The number of carbonyl (C=O) groups is 1. The Kier molecular flexibility index (Phi) is 4.44. The third kappa shape index (κ3) is 3.42. The second kappa shape index (κ2) is 6.50. The highest BCUT2D eigenvalue weighted by Crippen LogP contribution is 2.43. The average molecular weight is 313 g/mol. The molecule has 120 valence electrons. The van der Waals surface area contributed by atoms with E-state index in [1.807, 2.05) is 24.3 Å². The molecule has 0 heterocycles. The van der Waals surface area contributed by atoms with Crippen molar-refractivity contribution in [2.24, 2.45) is 0 Å². The van der Waals surface area contributed by atoms with Crippen LogP contribution in [0, 0.1) is 5.82 Å². The molecule has 1 saturated carbocycles. The number of hydrogen-bond donors (Lipinski definition) is 2. The monoisotopic (exact) mass is 313 g/mol. The van der Waals surface area contributed by atoms with Crippen LogP contribution in [0.4, 0.5) is 4.39 Å². The maximum Gasteiger partial charge on any atom is 0.335 e. The van der Waals surface area contributed by atoms with E-state index in [-0.39, 0.29) is 11.2 Å². The molecule has 0 atom stereocenters. The third-order valence-electron chi connectivity index (χ3n) is 4.76. The molecule has 0 aliphatic heterocycles. The molecule has 2 aromatic rings. The molecule has 0 bridgehead atoms. The van der Waals surface area contributed by atoms with Crippen LogP contribution in [-0.2, 0) is 12.0 Å². The molecule has 1 aliphatic carbocycles. The molecular weight excluding hydrogens is 293 g/mol. The Morgan fingerprint density at radius 3 is 2.26 bits per heavy atom. The molecule has 4 heteroatoms. The first kappa shape index (κ1) is 15.7. The first-order chi connectivity index (χ1) is 11.1. The van der Waals surface area contributed by atoms with Crippen molar-refractivity contribution in [2.75, 3.05) is 6.54 Å². The second-order valence-electron chi connectivity index (χ2n) is 6.25. The summed E-state index contributed by atoms with van der Waals surface area (Å²) in [7, 11) is 0. The van der Waals surface area contributed by atoms with Gasteiger partial charge >= 0.3 is 5.97 Å². The second-order valence-corrected chi connectivity index (χ2v) is 6.25. The molecule has 0 aromatic heterocycles. The molecule has 2 aromatic carbocycles. The number of hydrogen-bond acceptors (Lipinski definition) is 2. The van der Waals surface area contributed by atoms with Crippen molar-refractivity contribution in [2.45, 2.75) is 31.2 Å². The lowest BCUT2D eigenvalue weighted by Crippen LogP contribution is -2.43. The minimum Gasteiger partial charge on any atom is -0.478 e. The molecule has 3 rings (SSSR count). The standard InChI is InChI=1S/C19H20FNO2/c20-17-8-6-16(7-9-17)19(10-1-11-19)13-21-12-14-2-4-15(5-3-14)18(22)23/h2-9,21H,1,10-13H2,(H,22,23). The predicted octanol–water partition coefficient (Wildman–Crippen LogP) is 3.74. The molecule has 0 radical (unpaired) electrons. The van der Waals surface area contributed by atoms with Gasteiger partial charge in [-0.3, -0.25) is 0 Å². The Bertz CT molecular complexity index is 676. The van der Waals surface area contributed by atoms with Crippen molar-refractivity contribution < 1.29 is 14.3 Å². The quantitative estimate of drug-likeness (QED) is 0.854. The van der Waals surface area contributed by atoms with Crippen molar-refractivity contribution in [1.29, 1.82) is 0 Å². The van der Waals surface area contributed by atoms with Crippen molar-refractivity contribution >= 4 is 5.97 Å². The van der Waals surface area contributed by atoms with E-state index < -0.39 is 5.97 Å². The first-order valence-corrected chi connectivity index (χ1v) is 7.88. The maximum atomic E-state index is 13.1. The fourth-order valence-corrected chi connectivity index (χ4v) is 3.19. The van der Waals surface area contributed by atoms with Gasteiger partial charge < -0.3 is 10.4 Å². The molecule has 1 aliphatic rings. The summed E-state index contributed by atoms with van der Waals surface area (Å²) in [6, 6.07) is 13.7. The molecule has 23 heavy (non-hydrogen) atoms. The van der Waals surface area contributed by atoms with Crippen LogP contribution >= 0.6 is 0 Å². The summed E-state index contributed by atoms with van der Waals surface area (Å²) < 4.78 is 13.1. The zero-order chi connectivity index (χ0) is 16.3. The Balaban J connectivity index is 1.60. The van der Waals surface area contributed by atoms with Gasteiger partial charge in [0.25, 0.3) is 0 Å². The summed E-state index contributed by atoms with van der Waals surface area (Å²) in [6.07, 6.45) is 3.43. The Hall–Kier alpha value is -2.20. The third-order valence-corrected chi connectivity index (χ3v) is 4.76. The Morgan fingerprint density at radius 2 is 1.74 bits per heavy atom. The highest BCUT2D eigenvalue weighted by Gasteiger charge is 2.38. The van der Waals surface area contributed by atoms with E-state index >= 15 is 0 Å². The maximum absolute atomic E-state index is 13.1. The van der Waals surface area contributed by atoms with Crippen molar-refractivity contribution in [3.8, 4) is 0 Å². The first-order valence-electron chi connectivity index (χ1n) is 7.88. The summed E-state index contributed by atoms with van der Waals surface area (Å²) in [4.78, 5) is 10.8. The number of carboxylic acids is 1. The summed E-state index contributed by atoms with van der Waals surface area (Å²) in [6.45, 7) is 1.54. The van der Waals surface area contributed by atoms with Gasteiger partial charge in [0.15, 0.2) is 0 Å². The minimum absolute atomic E-state index is 0.106. The topological polar surface area (TPSA) is 49.3 Å². The summed E-state index contributed by atoms with van der Waals surface area (Å²) in [5.41, 5.74) is 2.66. The van der Waals surface area contributed by atoms with E-state index in [1.165, 1.54) is 24.1 Å². The van der Waals surface area contributed by atoms with Crippen LogP contribution in [0.1, 0.15) is 40.7 Å². The van der Waals surface area contributed by atoms with Crippen LogP contribution in [0.5, 0.6) is 0 Å². The van der Waals surface area contributed by atoms with Crippen molar-refractivity contribution in [3.63, 3.8) is 0 Å². The van der Waals surface area contributed by atoms with Gasteiger partial charge in [0.2, 0.25) is 0 Å². The Labute approximate surface area is 135 Å². The fourth-order valence-electron chi connectivity index (χ4n) is 3.19. The molecule has 2 N–H and O–H groups in total. The number of benzene rings is 2. The predicted molar refractivity (Wildman–Crippen MR) is 87.0 cm³/mol. The molecular formula is C19H20FNO2. The smallest absolute Gasteiger partial charge is 0.335 e. The number of carboxylic acid groups (broad SMARTS) is 1. The van der Waals surface area contributed by atoms with Crippen molar-refractivity contribution in [3.05, 3.63) is 71.0 Å². The Morgan fingerprint density at radius 1 is 1.09 bits per heavy atom. The molecule has 0 unspecified atom stereocenters. The average Bonchev–Trinajstić information content (AvgIpc) is 2.51. The largest absolute Gasteiger partial charge is 0.478 e. The highest BCUT2D eigenvalue weighted by atomic mass is 19.1. The van der Waals surface area contributed by atoms with E-state index in [2.05, 4.69) is 5.32 Å². The lowest BCUT2D eigenvalue weighted by molar-refractivity contribution is 0.0697. The minimum atomic E-state index is -0.908. The van der Waals surface area contributed by atoms with Gasteiger partial charge in [0.05, 0.1) is 5.56 Å². The van der Waals surface area contributed by atoms with Gasteiger partial charge in [-0.2, -0.15) is 0 Å². The lowest BCUT2D eigenvalue weighted by atomic mass is 9.64. The lowest BCUT2D eigenvalue weighted by Gasteiger charge is -2.43. The number of rotatable bonds is 6. The zero-order valence-corrected chi connectivity index (χ0v) is 12.9. The van der Waals surface area contributed by atoms with Crippen LogP contribution in [0.25, 0.3) is 0 Å².